The van der Waals surface area contributed by atoms with Crippen molar-refractivity contribution in [3.05, 3.63) is 65.2 Å². The third kappa shape index (κ3) is 7.86. The van der Waals surface area contributed by atoms with E-state index in [0.29, 0.717) is 31.2 Å². The third-order valence-corrected chi connectivity index (χ3v) is 3.80. The molecule has 0 aliphatic rings. The van der Waals surface area contributed by atoms with Crippen molar-refractivity contribution < 1.29 is 9.53 Å². The lowest BCUT2D eigenvalue weighted by Crippen LogP contribution is -2.41. The fraction of sp³-hybridized carbons (Fsp3) is 0.300. The molecule has 0 aromatic heterocycles. The van der Waals surface area contributed by atoms with Gasteiger partial charge in [-0.2, -0.15) is 0 Å². The molecule has 3 N–H and O–H groups in total. The van der Waals surface area contributed by atoms with Crippen LogP contribution in [0.3, 0.4) is 0 Å². The second kappa shape index (κ2) is 12.2. The predicted molar refractivity (Wildman–Crippen MR) is 120 cm³/mol. The summed E-state index contributed by atoms with van der Waals surface area (Å²) >= 11 is 0. The predicted octanol–water partition coefficient (Wildman–Crippen LogP) is 2.72. The lowest BCUT2D eigenvalue weighted by Gasteiger charge is -2.13. The molecule has 7 heteroatoms. The molecule has 0 bridgehead atoms. The quantitative estimate of drug-likeness (QED) is 0.246. The second-order valence-electron chi connectivity index (χ2n) is 5.83. The fourth-order valence-corrected chi connectivity index (χ4v) is 2.43. The zero-order valence-electron chi connectivity index (χ0n) is 15.9. The normalized spacial score (nSPS) is 10.6. The molecule has 0 saturated carbocycles. The minimum absolute atomic E-state index is 0. The van der Waals surface area contributed by atoms with Crippen molar-refractivity contribution in [2.75, 3.05) is 27.2 Å². The van der Waals surface area contributed by atoms with E-state index >= 15 is 0 Å². The molecule has 146 valence electrons. The lowest BCUT2D eigenvalue weighted by molar-refractivity contribution is 0.0954. The van der Waals surface area contributed by atoms with Gasteiger partial charge in [0, 0.05) is 32.2 Å². The number of amides is 1. The Bertz CT molecular complexity index is 765. The summed E-state index contributed by atoms with van der Waals surface area (Å²) in [6, 6.07) is 15.4. The number of nitrogens with zero attached hydrogens (tertiary/aromatic N) is 1. The van der Waals surface area contributed by atoms with Crippen LogP contribution < -0.4 is 20.7 Å². The van der Waals surface area contributed by atoms with Crippen LogP contribution in [0, 0.1) is 6.92 Å². The molecule has 0 aliphatic carbocycles. The number of guanidine groups is 1. The molecule has 0 unspecified atom stereocenters. The number of rotatable bonds is 7. The van der Waals surface area contributed by atoms with Gasteiger partial charge in [-0.3, -0.25) is 9.79 Å². The monoisotopic (exact) mass is 482 g/mol. The summed E-state index contributed by atoms with van der Waals surface area (Å²) in [6.07, 6.45) is 0. The molecule has 6 nitrogen and oxygen atoms in total. The number of benzene rings is 2. The number of aryl methyl sites for hydroxylation is 1. The number of methoxy groups -OCH3 is 1. The maximum absolute atomic E-state index is 12.1. The lowest BCUT2D eigenvalue weighted by atomic mass is 10.1. The van der Waals surface area contributed by atoms with Crippen LogP contribution in [0.2, 0.25) is 0 Å². The summed E-state index contributed by atoms with van der Waals surface area (Å²) in [5.74, 6) is 1.43. The van der Waals surface area contributed by atoms with E-state index in [2.05, 4.69) is 20.9 Å². The van der Waals surface area contributed by atoms with Gasteiger partial charge in [-0.05, 0) is 36.8 Å². The third-order valence-electron chi connectivity index (χ3n) is 3.80. The molecule has 0 fully saturated rings. The summed E-state index contributed by atoms with van der Waals surface area (Å²) in [5.41, 5.74) is 2.84. The minimum Gasteiger partial charge on any atom is -0.497 e. The number of nitrogens with one attached hydrogen (secondary N) is 3. The molecule has 1 amide bonds. The smallest absolute Gasteiger partial charge is 0.251 e. The largest absolute Gasteiger partial charge is 0.497 e. The van der Waals surface area contributed by atoms with Crippen molar-refractivity contribution in [1.29, 1.82) is 0 Å². The van der Waals surface area contributed by atoms with Crippen molar-refractivity contribution in [1.82, 2.24) is 16.0 Å². The standard InChI is InChI=1S/C20H26N4O2.HI/c1-15-6-4-8-17(12-15)19(25)22-10-11-23-20(21-2)24-14-16-7-5-9-18(13-16)26-3;/h4-9,12-13H,10-11,14H2,1-3H3,(H,22,25)(H2,21,23,24);1H. The van der Waals surface area contributed by atoms with Gasteiger partial charge >= 0.3 is 0 Å². The first kappa shape index (κ1) is 22.8. The number of aliphatic imine (C=N–C) groups is 1. The summed E-state index contributed by atoms with van der Waals surface area (Å²) < 4.78 is 5.22. The van der Waals surface area contributed by atoms with Crippen molar-refractivity contribution in [2.45, 2.75) is 13.5 Å². The molecule has 27 heavy (non-hydrogen) atoms. The topological polar surface area (TPSA) is 74.8 Å². The van der Waals surface area contributed by atoms with Crippen LogP contribution in [0.5, 0.6) is 5.75 Å². The molecule has 2 aromatic carbocycles. The number of halogens is 1. The van der Waals surface area contributed by atoms with E-state index < -0.39 is 0 Å². The van der Waals surface area contributed by atoms with E-state index in [0.717, 1.165) is 16.9 Å². The maximum atomic E-state index is 12.1. The Balaban J connectivity index is 0.00000364. The molecular formula is C20H27IN4O2. The van der Waals surface area contributed by atoms with Crippen LogP contribution in [0.1, 0.15) is 21.5 Å². The minimum atomic E-state index is -0.0742. The molecule has 0 atom stereocenters. The van der Waals surface area contributed by atoms with Gasteiger partial charge in [-0.25, -0.2) is 0 Å². The number of hydrogen-bond donors (Lipinski definition) is 3. The molecule has 0 saturated heterocycles. The number of carbonyl (C=O) groups excluding carboxylic acids is 1. The van der Waals surface area contributed by atoms with Crippen molar-refractivity contribution >= 4 is 35.8 Å². The van der Waals surface area contributed by atoms with Gasteiger partial charge in [0.15, 0.2) is 5.96 Å². The van der Waals surface area contributed by atoms with Gasteiger partial charge in [0.2, 0.25) is 0 Å². The molecule has 0 heterocycles. The highest BCUT2D eigenvalue weighted by atomic mass is 127. The van der Waals surface area contributed by atoms with E-state index in [-0.39, 0.29) is 29.9 Å². The Labute approximate surface area is 177 Å². The Morgan fingerprint density at radius 3 is 2.48 bits per heavy atom. The first-order chi connectivity index (χ1) is 12.6. The Morgan fingerprint density at radius 1 is 1.04 bits per heavy atom. The number of ether oxygens (including phenoxy) is 1. The van der Waals surface area contributed by atoms with Crippen LogP contribution in [-0.4, -0.2) is 39.1 Å². The zero-order chi connectivity index (χ0) is 18.8. The van der Waals surface area contributed by atoms with Crippen LogP contribution >= 0.6 is 24.0 Å². The van der Waals surface area contributed by atoms with E-state index in [1.54, 1.807) is 14.2 Å². The summed E-state index contributed by atoms with van der Waals surface area (Å²) in [7, 11) is 3.37. The number of hydrogen-bond acceptors (Lipinski definition) is 3. The van der Waals surface area contributed by atoms with Crippen LogP contribution in [-0.2, 0) is 6.54 Å². The van der Waals surface area contributed by atoms with Gasteiger partial charge in [0.1, 0.15) is 5.75 Å². The Kier molecular flexibility index (Phi) is 10.2. The molecule has 0 aliphatic heterocycles. The molecule has 2 aromatic rings. The molecule has 0 radical (unpaired) electrons. The zero-order valence-corrected chi connectivity index (χ0v) is 18.2. The molecule has 0 spiro atoms. The van der Waals surface area contributed by atoms with E-state index in [9.17, 15) is 4.79 Å². The van der Waals surface area contributed by atoms with Crippen LogP contribution in [0.4, 0.5) is 0 Å². The summed E-state index contributed by atoms with van der Waals surface area (Å²) in [5, 5.41) is 9.31. The van der Waals surface area contributed by atoms with Gasteiger partial charge in [0.05, 0.1) is 7.11 Å². The fourth-order valence-electron chi connectivity index (χ4n) is 2.43. The highest BCUT2D eigenvalue weighted by Crippen LogP contribution is 2.12. The summed E-state index contributed by atoms with van der Waals surface area (Å²) in [6.45, 7) is 3.69. The van der Waals surface area contributed by atoms with Crippen molar-refractivity contribution in [3.63, 3.8) is 0 Å². The van der Waals surface area contributed by atoms with Gasteiger partial charge in [0.25, 0.3) is 5.91 Å². The highest BCUT2D eigenvalue weighted by Gasteiger charge is 2.05. The number of carbonyl (C=O) groups is 1. The first-order valence-corrected chi connectivity index (χ1v) is 8.54. The van der Waals surface area contributed by atoms with Crippen molar-refractivity contribution in [3.8, 4) is 5.75 Å². The molecular weight excluding hydrogens is 455 g/mol. The van der Waals surface area contributed by atoms with Gasteiger partial charge in [-0.1, -0.05) is 29.8 Å². The second-order valence-corrected chi connectivity index (χ2v) is 5.83. The van der Waals surface area contributed by atoms with Gasteiger partial charge < -0.3 is 20.7 Å². The van der Waals surface area contributed by atoms with Gasteiger partial charge in [-0.15, -0.1) is 24.0 Å². The highest BCUT2D eigenvalue weighted by molar-refractivity contribution is 14.0. The average molecular weight is 482 g/mol. The van der Waals surface area contributed by atoms with Crippen molar-refractivity contribution in [2.24, 2.45) is 4.99 Å². The van der Waals surface area contributed by atoms with E-state index in [4.69, 9.17) is 4.74 Å². The molecule has 2 rings (SSSR count). The van der Waals surface area contributed by atoms with E-state index in [1.165, 1.54) is 0 Å². The Hall–Kier alpha value is -2.29. The maximum Gasteiger partial charge on any atom is 0.251 e. The Morgan fingerprint density at radius 2 is 1.78 bits per heavy atom. The van der Waals surface area contributed by atoms with Crippen LogP contribution in [0.25, 0.3) is 0 Å². The first-order valence-electron chi connectivity index (χ1n) is 8.54. The SMILES string of the molecule is CN=C(NCCNC(=O)c1cccc(C)c1)NCc1cccc(OC)c1.I. The van der Waals surface area contributed by atoms with E-state index in [1.807, 2.05) is 55.5 Å². The van der Waals surface area contributed by atoms with Crippen LogP contribution in [0.15, 0.2) is 53.5 Å². The summed E-state index contributed by atoms with van der Waals surface area (Å²) in [4.78, 5) is 16.3. The average Bonchev–Trinajstić information content (AvgIpc) is 2.67.